The lowest BCUT2D eigenvalue weighted by molar-refractivity contribution is 0.102. The lowest BCUT2D eigenvalue weighted by Gasteiger charge is -2.08. The molecule has 1 amide bonds. The fraction of sp³-hybridized carbons (Fsp3) is 0.238. The van der Waals surface area contributed by atoms with Crippen LogP contribution in [0.2, 0.25) is 5.02 Å². The number of amides is 1. The normalized spacial score (nSPS) is 11.2. The largest absolute Gasteiger partial charge is 0.320 e. The van der Waals surface area contributed by atoms with E-state index >= 15 is 0 Å². The third kappa shape index (κ3) is 3.49. The number of carbonyl (C=O) groups excluding carboxylic acids is 1. The maximum atomic E-state index is 13.0. The first-order valence-corrected chi connectivity index (χ1v) is 9.61. The van der Waals surface area contributed by atoms with Gasteiger partial charge in [-0.1, -0.05) is 29.8 Å². The lowest BCUT2D eigenvalue weighted by atomic mass is 10.1. The third-order valence-electron chi connectivity index (χ3n) is 5.01. The van der Waals surface area contributed by atoms with E-state index < -0.39 is 0 Å². The summed E-state index contributed by atoms with van der Waals surface area (Å²) in [4.78, 5) is 17.4. The van der Waals surface area contributed by atoms with E-state index in [1.165, 1.54) is 0 Å². The Morgan fingerprint density at radius 3 is 2.66 bits per heavy atom. The quantitative estimate of drug-likeness (QED) is 0.552. The average molecular weight is 409 g/mol. The second-order valence-corrected chi connectivity index (χ2v) is 7.46. The van der Waals surface area contributed by atoms with E-state index in [1.54, 1.807) is 15.6 Å². The Hall–Kier alpha value is -3.19. The number of nitrogens with one attached hydrogen (secondary N) is 1. The van der Waals surface area contributed by atoms with Crippen molar-refractivity contribution in [2.45, 2.75) is 27.3 Å². The molecule has 0 aliphatic carbocycles. The summed E-state index contributed by atoms with van der Waals surface area (Å²) in [5.74, 6) is -0.215. The van der Waals surface area contributed by atoms with E-state index in [1.807, 2.05) is 58.2 Å². The van der Waals surface area contributed by atoms with Gasteiger partial charge in [-0.15, -0.1) is 0 Å². The van der Waals surface area contributed by atoms with Gasteiger partial charge in [-0.05, 0) is 38.5 Å². The van der Waals surface area contributed by atoms with Crippen molar-refractivity contribution >= 4 is 34.2 Å². The third-order valence-corrected chi connectivity index (χ3v) is 5.38. The van der Waals surface area contributed by atoms with Gasteiger partial charge in [0.1, 0.15) is 0 Å². The molecule has 4 rings (SSSR count). The molecule has 29 heavy (non-hydrogen) atoms. The zero-order chi connectivity index (χ0) is 20.7. The van der Waals surface area contributed by atoms with Gasteiger partial charge in [0.05, 0.1) is 35.4 Å². The molecule has 4 aromatic rings. The van der Waals surface area contributed by atoms with Crippen LogP contribution in [0.4, 0.5) is 5.69 Å². The molecule has 148 valence electrons. The van der Waals surface area contributed by atoms with Crippen molar-refractivity contribution in [1.82, 2.24) is 24.5 Å². The highest BCUT2D eigenvalue weighted by Crippen LogP contribution is 2.22. The highest BCUT2D eigenvalue weighted by molar-refractivity contribution is 6.31. The van der Waals surface area contributed by atoms with E-state index in [4.69, 9.17) is 11.6 Å². The Balaban J connectivity index is 1.61. The van der Waals surface area contributed by atoms with E-state index in [0.29, 0.717) is 28.5 Å². The van der Waals surface area contributed by atoms with Gasteiger partial charge in [-0.3, -0.25) is 14.2 Å². The van der Waals surface area contributed by atoms with Crippen LogP contribution in [-0.2, 0) is 13.6 Å². The first-order chi connectivity index (χ1) is 13.8. The van der Waals surface area contributed by atoms with Crippen molar-refractivity contribution < 1.29 is 4.79 Å². The minimum Gasteiger partial charge on any atom is -0.320 e. The fourth-order valence-corrected chi connectivity index (χ4v) is 3.73. The minimum atomic E-state index is -0.215. The topological polar surface area (TPSA) is 77.6 Å². The van der Waals surface area contributed by atoms with Gasteiger partial charge in [0.15, 0.2) is 5.65 Å². The molecule has 0 saturated carbocycles. The number of halogens is 1. The van der Waals surface area contributed by atoms with Gasteiger partial charge in [-0.25, -0.2) is 4.98 Å². The van der Waals surface area contributed by atoms with Crippen molar-refractivity contribution in [3.63, 3.8) is 0 Å². The van der Waals surface area contributed by atoms with Crippen molar-refractivity contribution in [2.75, 3.05) is 5.32 Å². The van der Waals surface area contributed by atoms with Crippen LogP contribution in [0, 0.1) is 20.8 Å². The molecule has 7 nitrogen and oxygen atoms in total. The summed E-state index contributed by atoms with van der Waals surface area (Å²) in [5.41, 5.74) is 5.22. The van der Waals surface area contributed by atoms with Crippen LogP contribution >= 0.6 is 11.6 Å². The summed E-state index contributed by atoms with van der Waals surface area (Å²) >= 11 is 6.27. The van der Waals surface area contributed by atoms with Gasteiger partial charge in [0.25, 0.3) is 5.91 Å². The zero-order valence-corrected chi connectivity index (χ0v) is 17.4. The predicted molar refractivity (Wildman–Crippen MR) is 113 cm³/mol. The highest BCUT2D eigenvalue weighted by Gasteiger charge is 2.20. The number of nitrogens with zero attached hydrogens (tertiary/aromatic N) is 5. The number of anilines is 1. The molecule has 3 aromatic heterocycles. The zero-order valence-electron chi connectivity index (χ0n) is 16.7. The lowest BCUT2D eigenvalue weighted by Crippen LogP contribution is -2.14. The molecule has 0 spiro atoms. The van der Waals surface area contributed by atoms with E-state index in [0.717, 1.165) is 28.0 Å². The number of pyridine rings is 1. The van der Waals surface area contributed by atoms with Gasteiger partial charge < -0.3 is 5.32 Å². The number of rotatable bonds is 4. The Morgan fingerprint density at radius 1 is 1.14 bits per heavy atom. The number of hydrogen-bond acceptors (Lipinski definition) is 4. The molecule has 0 unspecified atom stereocenters. The number of aromatic nitrogens is 5. The molecule has 0 aliphatic rings. The first kappa shape index (κ1) is 19.1. The fourth-order valence-electron chi connectivity index (χ4n) is 3.54. The molecular weight excluding hydrogens is 388 g/mol. The maximum Gasteiger partial charge on any atom is 0.259 e. The summed E-state index contributed by atoms with van der Waals surface area (Å²) in [6, 6.07) is 9.52. The van der Waals surface area contributed by atoms with Crippen LogP contribution < -0.4 is 5.32 Å². The SMILES string of the molecule is Cc1nn(Cc2ccccc2Cl)c(C)c1C(=O)Nc1cnc2c(c1)c(C)nn2C. The molecule has 1 aromatic carbocycles. The molecule has 0 atom stereocenters. The Morgan fingerprint density at radius 2 is 1.90 bits per heavy atom. The van der Waals surface area contributed by atoms with Crippen LogP contribution in [0.5, 0.6) is 0 Å². The van der Waals surface area contributed by atoms with E-state index in [-0.39, 0.29) is 5.91 Å². The molecule has 1 N–H and O–H groups in total. The second-order valence-electron chi connectivity index (χ2n) is 7.05. The molecule has 0 radical (unpaired) electrons. The monoisotopic (exact) mass is 408 g/mol. The number of carbonyl (C=O) groups is 1. The number of fused-ring (bicyclic) bond motifs is 1. The second kappa shape index (κ2) is 7.33. The molecule has 0 fully saturated rings. The van der Waals surface area contributed by atoms with Crippen LogP contribution in [-0.4, -0.2) is 30.5 Å². The predicted octanol–water partition coefficient (Wildman–Crippen LogP) is 4.04. The number of aryl methyl sites for hydroxylation is 3. The molecule has 8 heteroatoms. The van der Waals surface area contributed by atoms with Crippen LogP contribution in [0.1, 0.15) is 33.0 Å². The minimum absolute atomic E-state index is 0.215. The Labute approximate surface area is 173 Å². The Kier molecular flexibility index (Phi) is 4.84. The van der Waals surface area contributed by atoms with Gasteiger partial charge in [0.2, 0.25) is 0 Å². The number of benzene rings is 1. The van der Waals surface area contributed by atoms with Crippen molar-refractivity contribution in [3.8, 4) is 0 Å². The van der Waals surface area contributed by atoms with Crippen LogP contribution in [0.15, 0.2) is 36.5 Å². The Bertz CT molecular complexity index is 1240. The molecule has 0 bridgehead atoms. The average Bonchev–Trinajstić information content (AvgIpc) is 3.12. The van der Waals surface area contributed by atoms with Crippen LogP contribution in [0.3, 0.4) is 0 Å². The summed E-state index contributed by atoms with van der Waals surface area (Å²) in [6.07, 6.45) is 1.64. The summed E-state index contributed by atoms with van der Waals surface area (Å²) < 4.78 is 3.53. The van der Waals surface area contributed by atoms with Gasteiger partial charge in [0, 0.05) is 23.2 Å². The number of hydrogen-bond donors (Lipinski definition) is 1. The van der Waals surface area contributed by atoms with Gasteiger partial charge in [-0.2, -0.15) is 10.2 Å². The van der Waals surface area contributed by atoms with E-state index in [2.05, 4.69) is 20.5 Å². The summed E-state index contributed by atoms with van der Waals surface area (Å²) in [7, 11) is 1.85. The first-order valence-electron chi connectivity index (χ1n) is 9.23. The molecule has 0 aliphatic heterocycles. The molecule has 0 saturated heterocycles. The van der Waals surface area contributed by atoms with E-state index in [9.17, 15) is 4.79 Å². The summed E-state index contributed by atoms with van der Waals surface area (Å²) in [5, 5.41) is 13.4. The van der Waals surface area contributed by atoms with Crippen molar-refractivity contribution in [1.29, 1.82) is 0 Å². The molecular formula is C21H21ClN6O. The highest BCUT2D eigenvalue weighted by atomic mass is 35.5. The van der Waals surface area contributed by atoms with Gasteiger partial charge >= 0.3 is 0 Å². The van der Waals surface area contributed by atoms with Crippen LogP contribution in [0.25, 0.3) is 11.0 Å². The standard InChI is InChI=1S/C21H21ClN6O/c1-12-17-9-16(10-23-20(17)27(4)25-12)24-21(29)19-13(2)26-28(14(19)3)11-15-7-5-6-8-18(15)22/h5-10H,11H2,1-4H3,(H,24,29). The molecule has 3 heterocycles. The summed E-state index contributed by atoms with van der Waals surface area (Å²) in [6.45, 7) is 6.14. The smallest absolute Gasteiger partial charge is 0.259 e. The van der Waals surface area contributed by atoms with Crippen molar-refractivity contribution in [3.05, 3.63) is 69.8 Å². The maximum absolute atomic E-state index is 13.0. The van der Waals surface area contributed by atoms with Crippen molar-refractivity contribution in [2.24, 2.45) is 7.05 Å².